The molecule has 0 saturated carbocycles. The van der Waals surface area contributed by atoms with E-state index in [-0.39, 0.29) is 22.7 Å². The average molecular weight is 563 g/mol. The highest BCUT2D eigenvalue weighted by Crippen LogP contribution is 2.41. The summed E-state index contributed by atoms with van der Waals surface area (Å²) in [4.78, 5) is 26.4. The molecule has 6 nitrogen and oxygen atoms in total. The molecule has 2 aliphatic rings. The molecule has 0 heterocycles. The lowest BCUT2D eigenvalue weighted by Gasteiger charge is -2.06. The van der Waals surface area contributed by atoms with Crippen molar-refractivity contribution in [2.24, 2.45) is 0 Å². The lowest BCUT2D eigenvalue weighted by atomic mass is 9.96. The summed E-state index contributed by atoms with van der Waals surface area (Å²) >= 11 is 0. The third-order valence-electron chi connectivity index (χ3n) is 7.63. The molecule has 0 saturated heterocycles. The van der Waals surface area contributed by atoms with Crippen LogP contribution in [0.5, 0.6) is 0 Å². The molecule has 0 unspecified atom stereocenters. The molecule has 0 atom stereocenters. The zero-order valence-electron chi connectivity index (χ0n) is 23.0. The van der Waals surface area contributed by atoms with E-state index in [1.54, 1.807) is 60.7 Å². The number of allylic oxidation sites excluding steroid dienone is 6. The van der Waals surface area contributed by atoms with Gasteiger partial charge in [0.25, 0.3) is 0 Å². The van der Waals surface area contributed by atoms with Crippen LogP contribution in [0.3, 0.4) is 0 Å². The molecule has 44 heavy (non-hydrogen) atoms. The van der Waals surface area contributed by atoms with E-state index in [1.807, 2.05) is 72.8 Å². The molecular formula is C38H18N4O2. The van der Waals surface area contributed by atoms with Crippen LogP contribution in [-0.2, 0) is 0 Å². The van der Waals surface area contributed by atoms with Gasteiger partial charge in [0.2, 0.25) is 0 Å². The van der Waals surface area contributed by atoms with Gasteiger partial charge in [-0.25, -0.2) is 0 Å². The standard InChI is InChI=1S/C38H18N4O2/c39-19-27(20-40)35-29-5-1-3-7-31(29)37(43)33(35)17-23-9-13-25(14-10-23)26-15-11-24(12-16-26)18-34-36(28(21-41)22-42)30-6-2-4-8-32(30)38(34)44/h1-18H/b33-17-,34-18-. The zero-order chi connectivity index (χ0) is 30.8. The van der Waals surface area contributed by atoms with Crippen molar-refractivity contribution < 1.29 is 9.59 Å². The summed E-state index contributed by atoms with van der Waals surface area (Å²) in [5.41, 5.74) is 6.50. The van der Waals surface area contributed by atoms with Crippen molar-refractivity contribution in [3.8, 4) is 35.4 Å². The van der Waals surface area contributed by atoms with Crippen LogP contribution in [0, 0.1) is 45.3 Å². The molecule has 0 N–H and O–H groups in total. The molecule has 4 aromatic rings. The van der Waals surface area contributed by atoms with Gasteiger partial charge in [-0.1, -0.05) is 97.1 Å². The van der Waals surface area contributed by atoms with Crippen LogP contribution >= 0.6 is 0 Å². The van der Waals surface area contributed by atoms with Crippen molar-refractivity contribution in [1.82, 2.24) is 0 Å². The van der Waals surface area contributed by atoms with Gasteiger partial charge >= 0.3 is 0 Å². The number of carbonyl (C=O) groups excluding carboxylic acids is 2. The summed E-state index contributed by atoms with van der Waals surface area (Å²) in [6.07, 6.45) is 3.40. The quantitative estimate of drug-likeness (QED) is 0.188. The fourth-order valence-corrected chi connectivity index (χ4v) is 5.57. The molecular weight excluding hydrogens is 544 g/mol. The topological polar surface area (TPSA) is 129 Å². The lowest BCUT2D eigenvalue weighted by molar-refractivity contribution is 0.103. The Kier molecular flexibility index (Phi) is 6.95. The predicted octanol–water partition coefficient (Wildman–Crippen LogP) is 7.51. The van der Waals surface area contributed by atoms with Crippen molar-refractivity contribution in [3.05, 3.63) is 153 Å². The Morgan fingerprint density at radius 1 is 0.455 bits per heavy atom. The van der Waals surface area contributed by atoms with E-state index in [2.05, 4.69) is 0 Å². The van der Waals surface area contributed by atoms with Gasteiger partial charge in [0.15, 0.2) is 11.6 Å². The van der Waals surface area contributed by atoms with Crippen LogP contribution in [0.2, 0.25) is 0 Å². The number of nitrogens with zero attached hydrogens (tertiary/aromatic N) is 4. The van der Waals surface area contributed by atoms with E-state index in [4.69, 9.17) is 0 Å². The Morgan fingerprint density at radius 2 is 0.773 bits per heavy atom. The van der Waals surface area contributed by atoms with E-state index in [0.29, 0.717) is 44.5 Å². The molecule has 0 amide bonds. The number of rotatable bonds is 3. The molecule has 6 heteroatoms. The molecule has 4 aromatic carbocycles. The number of hydrogen-bond acceptors (Lipinski definition) is 6. The van der Waals surface area contributed by atoms with Crippen molar-refractivity contribution in [3.63, 3.8) is 0 Å². The van der Waals surface area contributed by atoms with Gasteiger partial charge < -0.3 is 0 Å². The summed E-state index contributed by atoms with van der Waals surface area (Å²) < 4.78 is 0. The number of ketones is 2. The molecule has 6 rings (SSSR count). The van der Waals surface area contributed by atoms with Crippen molar-refractivity contribution >= 4 is 34.9 Å². The first-order chi connectivity index (χ1) is 21.5. The Morgan fingerprint density at radius 3 is 1.09 bits per heavy atom. The summed E-state index contributed by atoms with van der Waals surface area (Å²) in [7, 11) is 0. The number of Topliss-reactive ketones (excluding diaryl/α,β-unsaturated/α-hetero) is 2. The normalized spacial score (nSPS) is 14.8. The molecule has 202 valence electrons. The van der Waals surface area contributed by atoms with E-state index in [0.717, 1.165) is 22.3 Å². The second-order valence-electron chi connectivity index (χ2n) is 10.1. The highest BCUT2D eigenvalue weighted by Gasteiger charge is 2.33. The van der Waals surface area contributed by atoms with Crippen molar-refractivity contribution in [2.75, 3.05) is 0 Å². The molecule has 0 fully saturated rings. The van der Waals surface area contributed by atoms with Crippen LogP contribution in [0.4, 0.5) is 0 Å². The highest BCUT2D eigenvalue weighted by molar-refractivity contribution is 6.30. The Labute approximate surface area is 253 Å². The molecule has 0 radical (unpaired) electrons. The smallest absolute Gasteiger partial charge is 0.194 e. The Hall–Kier alpha value is -6.86. The van der Waals surface area contributed by atoms with Gasteiger partial charge in [0, 0.05) is 33.4 Å². The second kappa shape index (κ2) is 11.2. The van der Waals surface area contributed by atoms with Crippen LogP contribution in [0.1, 0.15) is 43.0 Å². The van der Waals surface area contributed by atoms with Gasteiger partial charge in [-0.2, -0.15) is 21.0 Å². The number of fused-ring (bicyclic) bond motifs is 2. The molecule has 2 aliphatic carbocycles. The van der Waals surface area contributed by atoms with Gasteiger partial charge in [-0.05, 0) is 45.5 Å². The van der Waals surface area contributed by atoms with Gasteiger partial charge in [-0.3, -0.25) is 9.59 Å². The third-order valence-corrected chi connectivity index (χ3v) is 7.63. The van der Waals surface area contributed by atoms with Crippen LogP contribution in [0.15, 0.2) is 119 Å². The summed E-state index contributed by atoms with van der Waals surface area (Å²) in [5.74, 6) is -0.461. The fraction of sp³-hybridized carbons (Fsp3) is 0. The molecule has 0 spiro atoms. The monoisotopic (exact) mass is 562 g/mol. The molecule has 0 aromatic heterocycles. The maximum atomic E-state index is 13.2. The van der Waals surface area contributed by atoms with E-state index >= 15 is 0 Å². The van der Waals surface area contributed by atoms with Gasteiger partial charge in [0.05, 0.1) is 0 Å². The van der Waals surface area contributed by atoms with Crippen LogP contribution < -0.4 is 0 Å². The Bertz CT molecular complexity index is 2030. The number of carbonyl (C=O) groups is 2. The van der Waals surface area contributed by atoms with Gasteiger partial charge in [-0.15, -0.1) is 0 Å². The maximum Gasteiger partial charge on any atom is 0.194 e. The van der Waals surface area contributed by atoms with E-state index in [9.17, 15) is 30.6 Å². The van der Waals surface area contributed by atoms with E-state index < -0.39 is 0 Å². The van der Waals surface area contributed by atoms with Crippen LogP contribution in [-0.4, -0.2) is 11.6 Å². The Balaban J connectivity index is 1.31. The number of hydrogen-bond donors (Lipinski definition) is 0. The first kappa shape index (κ1) is 27.3. The lowest BCUT2D eigenvalue weighted by Crippen LogP contribution is -1.96. The fourth-order valence-electron chi connectivity index (χ4n) is 5.57. The number of nitriles is 4. The van der Waals surface area contributed by atoms with Crippen molar-refractivity contribution in [1.29, 1.82) is 21.0 Å². The minimum atomic E-state index is -0.231. The van der Waals surface area contributed by atoms with E-state index in [1.165, 1.54) is 0 Å². The SMILES string of the molecule is N#CC(C#N)=C1/C(=C/c2ccc(-c3ccc(/C=C4\C(=O)c5ccccc5C4=C(C#N)C#N)cc3)cc2)C(=O)c2ccccc21. The molecule has 0 aliphatic heterocycles. The third kappa shape index (κ3) is 4.52. The van der Waals surface area contributed by atoms with Gasteiger partial charge in [0.1, 0.15) is 35.4 Å². The second-order valence-corrected chi connectivity index (χ2v) is 10.1. The highest BCUT2D eigenvalue weighted by atomic mass is 16.1. The van der Waals surface area contributed by atoms with Crippen molar-refractivity contribution in [2.45, 2.75) is 0 Å². The minimum Gasteiger partial charge on any atom is -0.289 e. The maximum absolute atomic E-state index is 13.2. The van der Waals surface area contributed by atoms with Crippen LogP contribution in [0.25, 0.3) is 34.4 Å². The predicted molar refractivity (Wildman–Crippen MR) is 166 cm³/mol. The number of benzene rings is 4. The zero-order valence-corrected chi connectivity index (χ0v) is 23.0. The summed E-state index contributed by atoms with van der Waals surface area (Å²) in [6.45, 7) is 0. The molecule has 0 bridgehead atoms. The average Bonchev–Trinajstić information content (AvgIpc) is 3.50. The summed E-state index contributed by atoms with van der Waals surface area (Å²) in [6, 6.07) is 36.7. The largest absolute Gasteiger partial charge is 0.289 e. The first-order valence-electron chi connectivity index (χ1n) is 13.5. The summed E-state index contributed by atoms with van der Waals surface area (Å²) in [5, 5.41) is 38.2. The minimum absolute atomic E-state index is 0.108. The first-order valence-corrected chi connectivity index (χ1v) is 13.5.